The van der Waals surface area contributed by atoms with Gasteiger partial charge in [0.05, 0.1) is 22.1 Å². The molecule has 2 heterocycles. The van der Waals surface area contributed by atoms with Gasteiger partial charge in [0.2, 0.25) is 0 Å². The number of benzene rings is 8. The fraction of sp³-hybridized carbons (Fsp3) is 0.0588. The van der Waals surface area contributed by atoms with Crippen molar-refractivity contribution in [1.29, 1.82) is 0 Å². The Labute approximate surface area is 309 Å². The van der Waals surface area contributed by atoms with Crippen LogP contribution in [0.15, 0.2) is 188 Å². The van der Waals surface area contributed by atoms with Crippen molar-refractivity contribution in [1.82, 2.24) is 9.13 Å². The largest absolute Gasteiger partial charge is 0.309 e. The first kappa shape index (κ1) is 31.1. The summed E-state index contributed by atoms with van der Waals surface area (Å²) in [6.07, 6.45) is 2.27. The molecule has 0 radical (unpaired) electrons. The molecule has 53 heavy (non-hydrogen) atoms. The molecule has 0 aliphatic rings. The minimum Gasteiger partial charge on any atom is -0.309 e. The molecule has 0 saturated heterocycles. The molecule has 10 aromatic rings. The summed E-state index contributed by atoms with van der Waals surface area (Å²) >= 11 is 0. The molecule has 2 nitrogen and oxygen atoms in total. The van der Waals surface area contributed by atoms with Gasteiger partial charge in [-0.1, -0.05) is 153 Å². The zero-order valence-corrected chi connectivity index (χ0v) is 29.7. The molecule has 0 saturated carbocycles. The van der Waals surface area contributed by atoms with E-state index in [9.17, 15) is 0 Å². The Morgan fingerprint density at radius 1 is 0.340 bits per heavy atom. The predicted molar refractivity (Wildman–Crippen MR) is 225 cm³/mol. The van der Waals surface area contributed by atoms with Gasteiger partial charge in [0.1, 0.15) is 0 Å². The molecule has 0 amide bonds. The zero-order chi connectivity index (χ0) is 35.3. The Morgan fingerprint density at radius 3 is 1.26 bits per heavy atom. The highest BCUT2D eigenvalue weighted by molar-refractivity contribution is 6.28. The Kier molecular flexibility index (Phi) is 7.54. The van der Waals surface area contributed by atoms with Gasteiger partial charge in [0, 0.05) is 32.9 Å². The summed E-state index contributed by atoms with van der Waals surface area (Å²) in [6, 6.07) is 68.9. The molecule has 2 aromatic heterocycles. The monoisotopic (exact) mass is 678 g/mol. The lowest BCUT2D eigenvalue weighted by Crippen LogP contribution is -1.95. The number of para-hydroxylation sites is 2. The maximum absolute atomic E-state index is 2.43. The maximum Gasteiger partial charge on any atom is 0.0548 e. The van der Waals surface area contributed by atoms with Crippen molar-refractivity contribution in [2.24, 2.45) is 0 Å². The smallest absolute Gasteiger partial charge is 0.0548 e. The molecule has 0 aliphatic carbocycles. The van der Waals surface area contributed by atoms with Crippen LogP contribution in [0, 0.1) is 0 Å². The first-order valence-electron chi connectivity index (χ1n) is 18.7. The summed E-state index contributed by atoms with van der Waals surface area (Å²) in [6.45, 7) is 2.24. The number of aryl methyl sites for hydroxylation is 1. The molecule has 252 valence electrons. The first-order valence-corrected chi connectivity index (χ1v) is 18.7. The molecule has 0 bridgehead atoms. The van der Waals surface area contributed by atoms with Gasteiger partial charge in [-0.05, 0) is 93.9 Å². The fourth-order valence-electron chi connectivity index (χ4n) is 8.36. The third-order valence-corrected chi connectivity index (χ3v) is 10.8. The molecular formula is C51H38N2. The molecule has 0 aliphatic heterocycles. The van der Waals surface area contributed by atoms with E-state index >= 15 is 0 Å². The van der Waals surface area contributed by atoms with Gasteiger partial charge >= 0.3 is 0 Å². The fourth-order valence-corrected chi connectivity index (χ4v) is 8.36. The second-order valence-electron chi connectivity index (χ2n) is 14.0. The molecule has 10 rings (SSSR count). The number of rotatable bonds is 7. The van der Waals surface area contributed by atoms with Crippen LogP contribution in [-0.2, 0) is 6.42 Å². The molecule has 0 N–H and O–H groups in total. The van der Waals surface area contributed by atoms with E-state index in [1.54, 1.807) is 0 Å². The lowest BCUT2D eigenvalue weighted by atomic mass is 9.98. The molecule has 0 fully saturated rings. The van der Waals surface area contributed by atoms with Crippen LogP contribution in [0.3, 0.4) is 0 Å². The summed E-state index contributed by atoms with van der Waals surface area (Å²) in [5, 5.41) is 5.10. The zero-order valence-electron chi connectivity index (χ0n) is 29.7. The van der Waals surface area contributed by atoms with Crippen LogP contribution in [0.2, 0.25) is 0 Å². The maximum atomic E-state index is 2.43. The van der Waals surface area contributed by atoms with Crippen molar-refractivity contribution in [3.8, 4) is 44.8 Å². The van der Waals surface area contributed by atoms with Crippen LogP contribution in [0.5, 0.6) is 0 Å². The van der Waals surface area contributed by atoms with Gasteiger partial charge in [-0.25, -0.2) is 0 Å². The quantitative estimate of drug-likeness (QED) is 0.159. The van der Waals surface area contributed by atoms with Gasteiger partial charge in [0.15, 0.2) is 0 Å². The Bertz CT molecular complexity index is 2910. The highest BCUT2D eigenvalue weighted by atomic mass is 15.0. The van der Waals surface area contributed by atoms with Crippen LogP contribution in [-0.4, -0.2) is 9.13 Å². The van der Waals surface area contributed by atoms with Crippen LogP contribution in [0.1, 0.15) is 18.9 Å². The summed E-state index contributed by atoms with van der Waals surface area (Å²) < 4.78 is 4.86. The van der Waals surface area contributed by atoms with Crippen molar-refractivity contribution in [3.63, 3.8) is 0 Å². The summed E-state index contributed by atoms with van der Waals surface area (Å²) in [7, 11) is 0. The topological polar surface area (TPSA) is 9.86 Å². The van der Waals surface area contributed by atoms with Crippen molar-refractivity contribution in [3.05, 3.63) is 194 Å². The lowest BCUT2D eigenvalue weighted by molar-refractivity contribution is 0.922. The minimum absolute atomic E-state index is 1.11. The number of nitrogens with zero attached hydrogens (tertiary/aromatic N) is 2. The lowest BCUT2D eigenvalue weighted by Gasteiger charge is -2.11. The summed E-state index contributed by atoms with van der Waals surface area (Å²) in [4.78, 5) is 0. The SMILES string of the molecule is CCCc1cccc(-c2ccc(-c3ccc(-n4c5ccccc5c5c6c7ccccc7n(-c7ccc(-c8ccccc8)cc7)c6ccc54)cc3)cc2)c1. The van der Waals surface area contributed by atoms with E-state index in [0.717, 1.165) is 24.2 Å². The molecule has 8 aromatic carbocycles. The van der Waals surface area contributed by atoms with E-state index in [-0.39, 0.29) is 0 Å². The van der Waals surface area contributed by atoms with E-state index in [0.29, 0.717) is 0 Å². The average molecular weight is 679 g/mol. The van der Waals surface area contributed by atoms with Crippen LogP contribution in [0.4, 0.5) is 0 Å². The highest BCUT2D eigenvalue weighted by Gasteiger charge is 2.20. The first-order chi connectivity index (χ1) is 26.2. The Hall–Kier alpha value is -6.64. The van der Waals surface area contributed by atoms with E-state index in [1.165, 1.54) is 82.6 Å². The third-order valence-electron chi connectivity index (χ3n) is 10.8. The predicted octanol–water partition coefficient (Wildman–Crippen LogP) is 13.8. The highest BCUT2D eigenvalue weighted by Crippen LogP contribution is 2.42. The Morgan fingerprint density at radius 2 is 0.755 bits per heavy atom. The van der Waals surface area contributed by atoms with Crippen molar-refractivity contribution < 1.29 is 0 Å². The number of aromatic nitrogens is 2. The standard InChI is InChI=1S/C51H38N2/c1-2-11-35-12-10-15-41(34-35)40-22-20-37(21-23-40)39-26-30-43(31-27-39)53-47-19-9-7-17-45(47)51-49(53)33-32-48-50(51)44-16-6-8-18-46(44)52(48)42-28-24-38(25-29-42)36-13-4-3-5-14-36/h3-10,12-34H,2,11H2,1H3. The van der Waals surface area contributed by atoms with Crippen LogP contribution in [0.25, 0.3) is 88.4 Å². The van der Waals surface area contributed by atoms with Crippen molar-refractivity contribution >= 4 is 43.6 Å². The molecule has 0 atom stereocenters. The number of hydrogen-bond donors (Lipinski definition) is 0. The Balaban J connectivity index is 1.07. The van der Waals surface area contributed by atoms with E-state index in [2.05, 4.69) is 204 Å². The second-order valence-corrected chi connectivity index (χ2v) is 14.0. The van der Waals surface area contributed by atoms with Crippen LogP contribution < -0.4 is 0 Å². The van der Waals surface area contributed by atoms with Crippen molar-refractivity contribution in [2.45, 2.75) is 19.8 Å². The number of fused-ring (bicyclic) bond motifs is 7. The van der Waals surface area contributed by atoms with E-state index < -0.39 is 0 Å². The molecule has 0 unspecified atom stereocenters. The van der Waals surface area contributed by atoms with E-state index in [1.807, 2.05) is 0 Å². The van der Waals surface area contributed by atoms with Gasteiger partial charge in [-0.15, -0.1) is 0 Å². The van der Waals surface area contributed by atoms with Gasteiger partial charge in [-0.2, -0.15) is 0 Å². The molecule has 0 spiro atoms. The normalized spacial score (nSPS) is 11.6. The minimum atomic E-state index is 1.11. The van der Waals surface area contributed by atoms with Gasteiger partial charge < -0.3 is 9.13 Å². The molecule has 2 heteroatoms. The molecular weight excluding hydrogens is 641 g/mol. The summed E-state index contributed by atoms with van der Waals surface area (Å²) in [5.74, 6) is 0. The van der Waals surface area contributed by atoms with Gasteiger partial charge in [0.25, 0.3) is 0 Å². The average Bonchev–Trinajstić information content (AvgIpc) is 3.74. The van der Waals surface area contributed by atoms with E-state index in [4.69, 9.17) is 0 Å². The summed E-state index contributed by atoms with van der Waals surface area (Å²) in [5.41, 5.74) is 16.0. The van der Waals surface area contributed by atoms with Crippen molar-refractivity contribution in [2.75, 3.05) is 0 Å². The second kappa shape index (κ2) is 12.8. The van der Waals surface area contributed by atoms with Gasteiger partial charge in [-0.3, -0.25) is 0 Å². The number of hydrogen-bond acceptors (Lipinski definition) is 0. The van der Waals surface area contributed by atoms with Crippen LogP contribution >= 0.6 is 0 Å². The third kappa shape index (κ3) is 5.26.